The van der Waals surface area contributed by atoms with E-state index < -0.39 is 0 Å². The molecule has 0 saturated heterocycles. The van der Waals surface area contributed by atoms with Crippen molar-refractivity contribution in [3.63, 3.8) is 0 Å². The van der Waals surface area contributed by atoms with Crippen molar-refractivity contribution in [1.82, 2.24) is 0 Å². The molecular weight excluding hydrogens is 287 g/mol. The first kappa shape index (κ1) is 13.7. The lowest BCUT2D eigenvalue weighted by atomic mass is 10.2. The summed E-state index contributed by atoms with van der Waals surface area (Å²) >= 11 is 13.6. The van der Waals surface area contributed by atoms with E-state index in [1.54, 1.807) is 11.3 Å². The van der Waals surface area contributed by atoms with Crippen molar-refractivity contribution in [1.29, 1.82) is 0 Å². The second kappa shape index (κ2) is 6.46. The molecular formula is C14H14Cl2OS. The Kier molecular flexibility index (Phi) is 4.93. The molecule has 0 unspecified atom stereocenters. The molecule has 0 radical (unpaired) electrons. The van der Waals surface area contributed by atoms with Gasteiger partial charge in [0.2, 0.25) is 0 Å². The van der Waals surface area contributed by atoms with Gasteiger partial charge in [0.15, 0.2) is 0 Å². The maximum Gasteiger partial charge on any atom is 0.138 e. The van der Waals surface area contributed by atoms with Crippen LogP contribution in [0.25, 0.3) is 0 Å². The van der Waals surface area contributed by atoms with Crippen molar-refractivity contribution < 1.29 is 4.74 Å². The van der Waals surface area contributed by atoms with Gasteiger partial charge in [-0.2, -0.15) is 0 Å². The van der Waals surface area contributed by atoms with Crippen LogP contribution in [0, 0.1) is 0 Å². The molecule has 0 aliphatic carbocycles. The summed E-state index contributed by atoms with van der Waals surface area (Å²) in [5.74, 6) is 1.17. The average Bonchev–Trinajstić information content (AvgIpc) is 2.85. The molecule has 0 aliphatic rings. The number of halogens is 2. The lowest BCUT2D eigenvalue weighted by Crippen LogP contribution is -1.94. The quantitative estimate of drug-likeness (QED) is 0.683. The third-order valence-corrected chi connectivity index (χ3v) is 4.39. The van der Waals surface area contributed by atoms with E-state index in [0.717, 1.165) is 12.0 Å². The van der Waals surface area contributed by atoms with Gasteiger partial charge in [-0.05, 0) is 36.2 Å². The van der Waals surface area contributed by atoms with Crippen molar-refractivity contribution in [3.8, 4) is 5.75 Å². The Balaban J connectivity index is 2.01. The van der Waals surface area contributed by atoms with Gasteiger partial charge < -0.3 is 4.74 Å². The van der Waals surface area contributed by atoms with Crippen LogP contribution in [0.5, 0.6) is 5.75 Å². The highest BCUT2D eigenvalue weighted by atomic mass is 35.5. The van der Waals surface area contributed by atoms with E-state index in [0.29, 0.717) is 23.3 Å². The summed E-state index contributed by atoms with van der Waals surface area (Å²) in [6.07, 6.45) is 1.07. The number of rotatable bonds is 5. The Bertz CT molecular complexity index is 522. The Morgan fingerprint density at radius 2 is 1.94 bits per heavy atom. The molecule has 0 N–H and O–H groups in total. The van der Waals surface area contributed by atoms with Crippen LogP contribution in [0.1, 0.15) is 22.2 Å². The van der Waals surface area contributed by atoms with E-state index in [2.05, 4.69) is 19.1 Å². The summed E-state index contributed by atoms with van der Waals surface area (Å²) in [6, 6.07) is 9.89. The summed E-state index contributed by atoms with van der Waals surface area (Å²) in [5, 5.41) is 0.612. The first-order valence-electron chi connectivity index (χ1n) is 5.77. The molecule has 4 heteroatoms. The Labute approximate surface area is 121 Å². The monoisotopic (exact) mass is 300 g/mol. The number of alkyl halides is 1. The van der Waals surface area contributed by atoms with Gasteiger partial charge in [0, 0.05) is 15.6 Å². The molecule has 1 aromatic carbocycles. The van der Waals surface area contributed by atoms with Crippen molar-refractivity contribution in [2.45, 2.75) is 25.8 Å². The molecule has 0 aliphatic heterocycles. The van der Waals surface area contributed by atoms with Gasteiger partial charge in [-0.25, -0.2) is 0 Å². The first-order valence-corrected chi connectivity index (χ1v) is 7.50. The highest BCUT2D eigenvalue weighted by Crippen LogP contribution is 2.27. The lowest BCUT2D eigenvalue weighted by molar-refractivity contribution is 0.310. The number of aryl methyl sites for hydroxylation is 1. The Hall–Kier alpha value is -0.700. The van der Waals surface area contributed by atoms with Crippen molar-refractivity contribution in [3.05, 3.63) is 50.7 Å². The second-order valence-electron chi connectivity index (χ2n) is 3.91. The van der Waals surface area contributed by atoms with Crippen LogP contribution in [-0.2, 0) is 18.9 Å². The molecule has 1 heterocycles. The van der Waals surface area contributed by atoms with Gasteiger partial charge in [0.25, 0.3) is 0 Å². The van der Waals surface area contributed by atoms with Crippen LogP contribution in [0.2, 0.25) is 5.02 Å². The van der Waals surface area contributed by atoms with Gasteiger partial charge in [0.05, 0.1) is 5.02 Å². The molecule has 1 aromatic heterocycles. The fourth-order valence-corrected chi connectivity index (χ4v) is 2.88. The van der Waals surface area contributed by atoms with E-state index in [-0.39, 0.29) is 0 Å². The van der Waals surface area contributed by atoms with Crippen LogP contribution in [0.3, 0.4) is 0 Å². The highest BCUT2D eigenvalue weighted by Gasteiger charge is 2.04. The van der Waals surface area contributed by atoms with E-state index in [4.69, 9.17) is 27.9 Å². The van der Waals surface area contributed by atoms with Gasteiger partial charge in [-0.1, -0.05) is 24.6 Å². The van der Waals surface area contributed by atoms with Crippen LogP contribution in [0.4, 0.5) is 0 Å². The van der Waals surface area contributed by atoms with Crippen LogP contribution >= 0.6 is 34.5 Å². The Morgan fingerprint density at radius 1 is 1.17 bits per heavy atom. The van der Waals surface area contributed by atoms with E-state index in [9.17, 15) is 0 Å². The molecule has 0 atom stereocenters. The molecule has 2 aromatic rings. The SMILES string of the molecule is CCc1ccc(COc2ccc(CCl)cc2Cl)s1. The molecule has 0 spiro atoms. The minimum Gasteiger partial charge on any atom is -0.487 e. The van der Waals surface area contributed by atoms with Crippen LogP contribution in [-0.4, -0.2) is 0 Å². The number of benzene rings is 1. The Morgan fingerprint density at radius 3 is 2.56 bits per heavy atom. The third-order valence-electron chi connectivity index (χ3n) is 2.59. The molecule has 0 fully saturated rings. The summed E-state index contributed by atoms with van der Waals surface area (Å²) in [7, 11) is 0. The minimum atomic E-state index is 0.463. The number of thiophene rings is 1. The summed E-state index contributed by atoms with van der Waals surface area (Å²) in [4.78, 5) is 2.58. The fraction of sp³-hybridized carbons (Fsp3) is 0.286. The van der Waals surface area contributed by atoms with E-state index in [1.165, 1.54) is 9.75 Å². The molecule has 2 rings (SSSR count). The summed E-state index contributed by atoms with van der Waals surface area (Å²) in [5.41, 5.74) is 0.999. The van der Waals surface area contributed by atoms with E-state index in [1.807, 2.05) is 18.2 Å². The summed E-state index contributed by atoms with van der Waals surface area (Å²) in [6.45, 7) is 2.71. The molecule has 0 amide bonds. The van der Waals surface area contributed by atoms with Crippen molar-refractivity contribution >= 4 is 34.5 Å². The molecule has 18 heavy (non-hydrogen) atoms. The molecule has 0 bridgehead atoms. The standard InChI is InChI=1S/C14H14Cl2OS/c1-2-11-4-5-12(18-11)9-17-14-6-3-10(8-15)7-13(14)16/h3-7H,2,8-9H2,1H3. The topological polar surface area (TPSA) is 9.23 Å². The maximum absolute atomic E-state index is 6.13. The average molecular weight is 301 g/mol. The fourth-order valence-electron chi connectivity index (χ4n) is 1.58. The molecule has 0 saturated carbocycles. The van der Waals surface area contributed by atoms with Crippen molar-refractivity contribution in [2.24, 2.45) is 0 Å². The van der Waals surface area contributed by atoms with E-state index >= 15 is 0 Å². The first-order chi connectivity index (χ1) is 8.72. The van der Waals surface area contributed by atoms with Gasteiger partial charge in [-0.3, -0.25) is 0 Å². The minimum absolute atomic E-state index is 0.463. The van der Waals surface area contributed by atoms with Gasteiger partial charge in [-0.15, -0.1) is 22.9 Å². The predicted molar refractivity (Wildman–Crippen MR) is 79.0 cm³/mol. The second-order valence-corrected chi connectivity index (χ2v) is 5.84. The number of hydrogen-bond donors (Lipinski definition) is 0. The van der Waals surface area contributed by atoms with Crippen LogP contribution in [0.15, 0.2) is 30.3 Å². The van der Waals surface area contributed by atoms with Crippen LogP contribution < -0.4 is 4.74 Å². The summed E-state index contributed by atoms with van der Waals surface area (Å²) < 4.78 is 5.72. The molecule has 1 nitrogen and oxygen atoms in total. The lowest BCUT2D eigenvalue weighted by Gasteiger charge is -2.07. The third kappa shape index (κ3) is 3.41. The zero-order valence-corrected chi connectivity index (χ0v) is 12.4. The normalized spacial score (nSPS) is 10.6. The van der Waals surface area contributed by atoms with Crippen molar-refractivity contribution in [2.75, 3.05) is 0 Å². The van der Waals surface area contributed by atoms with Gasteiger partial charge >= 0.3 is 0 Å². The number of ether oxygens (including phenoxy) is 1. The predicted octanol–water partition coefficient (Wildman–Crippen LogP) is 5.28. The highest BCUT2D eigenvalue weighted by molar-refractivity contribution is 7.11. The zero-order valence-electron chi connectivity index (χ0n) is 10.1. The largest absolute Gasteiger partial charge is 0.487 e. The zero-order chi connectivity index (χ0) is 13.0. The smallest absolute Gasteiger partial charge is 0.138 e. The maximum atomic E-state index is 6.13. The van der Waals surface area contributed by atoms with Gasteiger partial charge in [0.1, 0.15) is 12.4 Å². The molecule has 96 valence electrons. The number of hydrogen-bond acceptors (Lipinski definition) is 2.